The van der Waals surface area contributed by atoms with Crippen LogP contribution in [0, 0.1) is 5.92 Å². The van der Waals surface area contributed by atoms with E-state index >= 15 is 0 Å². The predicted octanol–water partition coefficient (Wildman–Crippen LogP) is 3.85. The van der Waals surface area contributed by atoms with Crippen LogP contribution in [0.15, 0.2) is 41.0 Å². The normalized spacial score (nSPS) is 12.8. The molecule has 2 rings (SSSR count). The van der Waals surface area contributed by atoms with Crippen LogP contribution in [0.5, 0.6) is 0 Å². The molecule has 1 aromatic heterocycles. The van der Waals surface area contributed by atoms with Crippen molar-refractivity contribution in [2.24, 2.45) is 5.92 Å². The van der Waals surface area contributed by atoms with Gasteiger partial charge in [0.1, 0.15) is 0 Å². The Morgan fingerprint density at radius 1 is 1.19 bits per heavy atom. The van der Waals surface area contributed by atoms with Gasteiger partial charge in [-0.05, 0) is 63.9 Å². The maximum atomic E-state index is 4.67. The van der Waals surface area contributed by atoms with E-state index in [0.717, 1.165) is 19.4 Å². The summed E-state index contributed by atoms with van der Waals surface area (Å²) < 4.78 is 3.23. The molecule has 0 amide bonds. The minimum atomic E-state index is 0.421. The van der Waals surface area contributed by atoms with Gasteiger partial charge in [0.05, 0.1) is 5.69 Å². The lowest BCUT2D eigenvalue weighted by molar-refractivity contribution is 0.473. The molecule has 2 aromatic rings. The standard InChI is InChI=1S/C17H24BrN3/c1-13(2)21-9-8-16(20-21)11-14(12-19-3)10-15-6-4-5-7-17(15)18/h4-9,13-14,19H,10-12H2,1-3H3. The summed E-state index contributed by atoms with van der Waals surface area (Å²) in [4.78, 5) is 0. The highest BCUT2D eigenvalue weighted by atomic mass is 79.9. The first kappa shape index (κ1) is 16.2. The molecule has 0 saturated heterocycles. The number of hydrogen-bond donors (Lipinski definition) is 1. The molecule has 1 N–H and O–H groups in total. The van der Waals surface area contributed by atoms with Gasteiger partial charge in [-0.3, -0.25) is 4.68 Å². The highest BCUT2D eigenvalue weighted by molar-refractivity contribution is 9.10. The minimum Gasteiger partial charge on any atom is -0.319 e. The third-order valence-electron chi connectivity index (χ3n) is 3.65. The second kappa shape index (κ2) is 7.76. The van der Waals surface area contributed by atoms with Gasteiger partial charge >= 0.3 is 0 Å². The van der Waals surface area contributed by atoms with Crippen LogP contribution >= 0.6 is 15.9 Å². The monoisotopic (exact) mass is 349 g/mol. The molecule has 0 aliphatic rings. The molecule has 1 atom stereocenters. The van der Waals surface area contributed by atoms with Crippen LogP contribution in [0.4, 0.5) is 0 Å². The summed E-state index contributed by atoms with van der Waals surface area (Å²) in [5, 5.41) is 7.98. The Bertz CT molecular complexity index is 563. The van der Waals surface area contributed by atoms with Crippen molar-refractivity contribution in [3.8, 4) is 0 Å². The van der Waals surface area contributed by atoms with E-state index in [9.17, 15) is 0 Å². The van der Waals surface area contributed by atoms with Gasteiger partial charge in [0.2, 0.25) is 0 Å². The van der Waals surface area contributed by atoms with Crippen LogP contribution in [-0.4, -0.2) is 23.4 Å². The molecule has 3 nitrogen and oxygen atoms in total. The van der Waals surface area contributed by atoms with Crippen molar-refractivity contribution in [3.05, 3.63) is 52.3 Å². The molecule has 114 valence electrons. The van der Waals surface area contributed by atoms with Gasteiger partial charge in [-0.1, -0.05) is 34.1 Å². The van der Waals surface area contributed by atoms with Crippen molar-refractivity contribution in [1.29, 1.82) is 0 Å². The highest BCUT2D eigenvalue weighted by Crippen LogP contribution is 2.21. The van der Waals surface area contributed by atoms with Gasteiger partial charge in [0.15, 0.2) is 0 Å². The van der Waals surface area contributed by atoms with E-state index in [4.69, 9.17) is 0 Å². The van der Waals surface area contributed by atoms with Gasteiger partial charge in [-0.15, -0.1) is 0 Å². The van der Waals surface area contributed by atoms with E-state index in [2.05, 4.69) is 76.7 Å². The Kier molecular flexibility index (Phi) is 6.00. The molecular formula is C17H24BrN3. The smallest absolute Gasteiger partial charge is 0.0628 e. The molecular weight excluding hydrogens is 326 g/mol. The molecule has 4 heteroatoms. The summed E-state index contributed by atoms with van der Waals surface area (Å²) in [6, 6.07) is 11.0. The third kappa shape index (κ3) is 4.68. The predicted molar refractivity (Wildman–Crippen MR) is 91.6 cm³/mol. The number of aromatic nitrogens is 2. The summed E-state index contributed by atoms with van der Waals surface area (Å²) in [5.41, 5.74) is 2.54. The fourth-order valence-electron chi connectivity index (χ4n) is 2.55. The summed E-state index contributed by atoms with van der Waals surface area (Å²) in [6.45, 7) is 5.31. The number of rotatable bonds is 7. The molecule has 1 aromatic carbocycles. The largest absolute Gasteiger partial charge is 0.319 e. The van der Waals surface area contributed by atoms with Crippen molar-refractivity contribution in [2.45, 2.75) is 32.7 Å². The van der Waals surface area contributed by atoms with Gasteiger partial charge in [0.25, 0.3) is 0 Å². The minimum absolute atomic E-state index is 0.421. The average molecular weight is 350 g/mol. The molecule has 0 saturated carbocycles. The van der Waals surface area contributed by atoms with E-state index in [-0.39, 0.29) is 0 Å². The zero-order valence-corrected chi connectivity index (χ0v) is 14.6. The number of nitrogens with one attached hydrogen (secondary N) is 1. The van der Waals surface area contributed by atoms with Crippen LogP contribution < -0.4 is 5.32 Å². The quantitative estimate of drug-likeness (QED) is 0.822. The summed E-state index contributed by atoms with van der Waals surface area (Å²) >= 11 is 3.64. The second-order valence-corrected chi connectivity index (χ2v) is 6.66. The Hall–Kier alpha value is -1.13. The molecule has 0 fully saturated rings. The second-order valence-electron chi connectivity index (χ2n) is 5.80. The van der Waals surface area contributed by atoms with Gasteiger partial charge < -0.3 is 5.32 Å². The van der Waals surface area contributed by atoms with Crippen molar-refractivity contribution in [2.75, 3.05) is 13.6 Å². The Labute approximate surface area is 135 Å². The van der Waals surface area contributed by atoms with Crippen molar-refractivity contribution in [3.63, 3.8) is 0 Å². The molecule has 1 unspecified atom stereocenters. The van der Waals surface area contributed by atoms with E-state index in [1.165, 1.54) is 15.7 Å². The number of benzene rings is 1. The third-order valence-corrected chi connectivity index (χ3v) is 4.42. The maximum absolute atomic E-state index is 4.67. The van der Waals surface area contributed by atoms with E-state index < -0.39 is 0 Å². The van der Waals surface area contributed by atoms with E-state index in [0.29, 0.717) is 12.0 Å². The van der Waals surface area contributed by atoms with E-state index in [1.54, 1.807) is 0 Å². The zero-order valence-electron chi connectivity index (χ0n) is 13.0. The molecule has 21 heavy (non-hydrogen) atoms. The van der Waals surface area contributed by atoms with Crippen molar-refractivity contribution < 1.29 is 0 Å². The first-order chi connectivity index (χ1) is 10.1. The molecule has 0 aliphatic carbocycles. The van der Waals surface area contributed by atoms with Crippen LogP contribution in [-0.2, 0) is 12.8 Å². The zero-order chi connectivity index (χ0) is 15.2. The highest BCUT2D eigenvalue weighted by Gasteiger charge is 2.14. The first-order valence-corrected chi connectivity index (χ1v) is 8.31. The number of hydrogen-bond acceptors (Lipinski definition) is 2. The maximum Gasteiger partial charge on any atom is 0.0628 e. The van der Waals surface area contributed by atoms with Crippen LogP contribution in [0.2, 0.25) is 0 Å². The van der Waals surface area contributed by atoms with Gasteiger partial charge in [0, 0.05) is 16.7 Å². The fourth-order valence-corrected chi connectivity index (χ4v) is 3.00. The van der Waals surface area contributed by atoms with Crippen molar-refractivity contribution in [1.82, 2.24) is 15.1 Å². The van der Waals surface area contributed by atoms with Crippen LogP contribution in [0.25, 0.3) is 0 Å². The van der Waals surface area contributed by atoms with E-state index in [1.807, 2.05) is 11.7 Å². The Morgan fingerprint density at radius 3 is 2.57 bits per heavy atom. The Balaban J connectivity index is 2.06. The topological polar surface area (TPSA) is 29.9 Å². The van der Waals surface area contributed by atoms with Crippen LogP contribution in [0.1, 0.15) is 31.1 Å². The molecule has 0 bridgehead atoms. The van der Waals surface area contributed by atoms with Crippen LogP contribution in [0.3, 0.4) is 0 Å². The van der Waals surface area contributed by atoms with Gasteiger partial charge in [-0.2, -0.15) is 5.10 Å². The fraction of sp³-hybridized carbons (Fsp3) is 0.471. The summed E-state index contributed by atoms with van der Waals surface area (Å²) in [7, 11) is 2.01. The van der Waals surface area contributed by atoms with Gasteiger partial charge in [-0.25, -0.2) is 0 Å². The van der Waals surface area contributed by atoms with Crippen molar-refractivity contribution >= 4 is 15.9 Å². The summed E-state index contributed by atoms with van der Waals surface area (Å²) in [5.74, 6) is 0.546. The number of nitrogens with zero attached hydrogens (tertiary/aromatic N) is 2. The SMILES string of the molecule is CNCC(Cc1ccn(C(C)C)n1)Cc1ccccc1Br. The molecule has 0 spiro atoms. The Morgan fingerprint density at radius 2 is 1.95 bits per heavy atom. The lowest BCUT2D eigenvalue weighted by atomic mass is 9.95. The first-order valence-electron chi connectivity index (χ1n) is 7.52. The lowest BCUT2D eigenvalue weighted by Gasteiger charge is -2.16. The molecule has 0 aliphatic heterocycles. The summed E-state index contributed by atoms with van der Waals surface area (Å²) in [6.07, 6.45) is 4.13. The lowest BCUT2D eigenvalue weighted by Crippen LogP contribution is -2.23. The molecule has 0 radical (unpaired) electrons. The molecule has 1 heterocycles. The number of halogens is 1. The average Bonchev–Trinajstić information content (AvgIpc) is 2.90.